The number of rotatable bonds is 4. The molecule has 228 valence electrons. The van der Waals surface area contributed by atoms with Crippen molar-refractivity contribution in [3.8, 4) is 0 Å². The molecule has 4 fully saturated rings. The maximum absolute atomic E-state index is 13.4. The molecule has 0 aromatic carbocycles. The van der Waals surface area contributed by atoms with Crippen LogP contribution in [0.3, 0.4) is 0 Å². The molecule has 0 aromatic heterocycles. The lowest BCUT2D eigenvalue weighted by Gasteiger charge is -2.70. The Labute approximate surface area is 246 Å². The first-order valence-corrected chi connectivity index (χ1v) is 15.9. The van der Waals surface area contributed by atoms with Crippen LogP contribution < -0.4 is 0 Å². The van der Waals surface area contributed by atoms with Crippen LogP contribution in [0.25, 0.3) is 0 Å². The Hall–Kier alpha value is -1.95. The van der Waals surface area contributed by atoms with Crippen molar-refractivity contribution >= 4 is 17.7 Å². The van der Waals surface area contributed by atoms with Gasteiger partial charge in [-0.3, -0.25) is 9.59 Å². The Kier molecular flexibility index (Phi) is 7.09. The Balaban J connectivity index is 1.60. The summed E-state index contributed by atoms with van der Waals surface area (Å²) in [5, 5.41) is 21.4. The molecule has 6 nitrogen and oxygen atoms in total. The molecule has 41 heavy (non-hydrogen) atoms. The van der Waals surface area contributed by atoms with Crippen molar-refractivity contribution in [3.63, 3.8) is 0 Å². The van der Waals surface area contributed by atoms with Crippen LogP contribution in [-0.2, 0) is 19.1 Å². The number of fused-ring (bicyclic) bond motifs is 7. The Morgan fingerprint density at radius 3 is 2.32 bits per heavy atom. The van der Waals surface area contributed by atoms with Crippen LogP contribution >= 0.6 is 0 Å². The summed E-state index contributed by atoms with van der Waals surface area (Å²) in [6.07, 6.45) is 10.0. The molecule has 5 rings (SSSR count). The van der Waals surface area contributed by atoms with Crippen molar-refractivity contribution in [2.75, 3.05) is 6.61 Å². The summed E-state index contributed by atoms with van der Waals surface area (Å²) in [7, 11) is 0. The molecular weight excluding hydrogens is 516 g/mol. The Bertz CT molecular complexity index is 1210. The summed E-state index contributed by atoms with van der Waals surface area (Å²) in [5.41, 5.74) is -0.555. The molecule has 0 aromatic rings. The molecule has 5 aliphatic carbocycles. The van der Waals surface area contributed by atoms with Crippen molar-refractivity contribution in [2.45, 2.75) is 119 Å². The molecule has 0 amide bonds. The predicted molar refractivity (Wildman–Crippen MR) is 158 cm³/mol. The summed E-state index contributed by atoms with van der Waals surface area (Å²) in [6, 6.07) is 0. The fourth-order valence-electron chi connectivity index (χ4n) is 11.1. The third kappa shape index (κ3) is 3.94. The highest BCUT2D eigenvalue weighted by atomic mass is 16.5. The van der Waals surface area contributed by atoms with Crippen LogP contribution in [0.1, 0.15) is 113 Å². The first-order chi connectivity index (χ1) is 19.0. The van der Waals surface area contributed by atoms with Crippen molar-refractivity contribution in [1.29, 1.82) is 0 Å². The number of carboxylic acid groups (broad SMARTS) is 1. The number of esters is 1. The SMILES string of the molecule is C/C=C(/C)C(=O)O[C@@H]1CC(C)(C)C[C@H]2C3=CC[C@@H]4[C@@]5(C)CCC(=O)[C@@](C)(CO)[C@@H]5CC[C@@]4(C)[C@]3(C)CC[C@@]12C(=O)O. The molecule has 0 unspecified atom stereocenters. The van der Waals surface area contributed by atoms with E-state index in [9.17, 15) is 24.6 Å². The predicted octanol–water partition coefficient (Wildman–Crippen LogP) is 6.90. The highest BCUT2D eigenvalue weighted by molar-refractivity contribution is 5.88. The maximum Gasteiger partial charge on any atom is 0.333 e. The number of aliphatic hydroxyl groups is 1. The van der Waals surface area contributed by atoms with Crippen LogP contribution in [0.5, 0.6) is 0 Å². The number of ketones is 1. The van der Waals surface area contributed by atoms with E-state index in [1.54, 1.807) is 19.9 Å². The first-order valence-electron chi connectivity index (χ1n) is 15.9. The van der Waals surface area contributed by atoms with Crippen molar-refractivity contribution in [1.82, 2.24) is 0 Å². The largest absolute Gasteiger partial charge is 0.481 e. The van der Waals surface area contributed by atoms with Crippen molar-refractivity contribution in [2.24, 2.45) is 50.2 Å². The van der Waals surface area contributed by atoms with E-state index in [1.165, 1.54) is 5.57 Å². The summed E-state index contributed by atoms with van der Waals surface area (Å²) < 4.78 is 6.12. The van der Waals surface area contributed by atoms with Gasteiger partial charge in [-0.15, -0.1) is 0 Å². The lowest BCUT2D eigenvalue weighted by molar-refractivity contribution is -0.208. The van der Waals surface area contributed by atoms with Crippen LogP contribution in [-0.4, -0.2) is 40.6 Å². The lowest BCUT2D eigenvalue weighted by Crippen LogP contribution is -2.67. The molecule has 0 heterocycles. The van der Waals surface area contributed by atoms with Gasteiger partial charge in [0, 0.05) is 17.9 Å². The minimum Gasteiger partial charge on any atom is -0.481 e. The number of hydrogen-bond acceptors (Lipinski definition) is 5. The zero-order chi connectivity index (χ0) is 30.4. The summed E-state index contributed by atoms with van der Waals surface area (Å²) >= 11 is 0. The van der Waals surface area contributed by atoms with Crippen molar-refractivity contribution < 1.29 is 29.3 Å². The zero-order valence-corrected chi connectivity index (χ0v) is 26.6. The fourth-order valence-corrected chi connectivity index (χ4v) is 11.1. The van der Waals surface area contributed by atoms with Gasteiger partial charge in [-0.25, -0.2) is 4.79 Å². The molecule has 4 saturated carbocycles. The average molecular weight is 569 g/mol. The molecule has 0 saturated heterocycles. The van der Waals surface area contributed by atoms with Gasteiger partial charge >= 0.3 is 11.9 Å². The van der Waals surface area contributed by atoms with E-state index in [4.69, 9.17) is 4.74 Å². The van der Waals surface area contributed by atoms with E-state index >= 15 is 0 Å². The van der Waals surface area contributed by atoms with Crippen LogP contribution in [0.4, 0.5) is 0 Å². The number of carbonyl (C=O) groups is 3. The Morgan fingerprint density at radius 2 is 1.71 bits per heavy atom. The molecule has 2 N–H and O–H groups in total. The van der Waals surface area contributed by atoms with Gasteiger partial charge in [-0.1, -0.05) is 59.3 Å². The molecule has 5 aliphatic rings. The number of aliphatic carboxylic acids is 1. The molecule has 0 radical (unpaired) electrons. The number of carbonyl (C=O) groups excluding carboxylic acids is 2. The van der Waals surface area contributed by atoms with E-state index < -0.39 is 28.9 Å². The third-order valence-corrected chi connectivity index (χ3v) is 13.9. The zero-order valence-electron chi connectivity index (χ0n) is 26.6. The second kappa shape index (κ2) is 9.53. The number of ether oxygens (including phenoxy) is 1. The molecule has 9 atom stereocenters. The second-order valence-corrected chi connectivity index (χ2v) is 16.1. The van der Waals surface area contributed by atoms with E-state index in [0.717, 1.165) is 38.5 Å². The number of hydrogen-bond donors (Lipinski definition) is 2. The van der Waals surface area contributed by atoms with Gasteiger partial charge in [-0.2, -0.15) is 0 Å². The summed E-state index contributed by atoms with van der Waals surface area (Å²) in [4.78, 5) is 39.5. The van der Waals surface area contributed by atoms with Gasteiger partial charge in [0.1, 0.15) is 17.3 Å². The smallest absolute Gasteiger partial charge is 0.333 e. The number of allylic oxidation sites excluding steroid dienone is 3. The molecular formula is C35H52O6. The van der Waals surface area contributed by atoms with E-state index in [1.807, 2.05) is 6.92 Å². The highest BCUT2D eigenvalue weighted by Crippen LogP contribution is 2.75. The average Bonchev–Trinajstić information content (AvgIpc) is 2.90. The van der Waals surface area contributed by atoms with Gasteiger partial charge in [0.15, 0.2) is 0 Å². The summed E-state index contributed by atoms with van der Waals surface area (Å²) in [5.74, 6) is -0.772. The number of carboxylic acids is 1. The highest BCUT2D eigenvalue weighted by Gasteiger charge is 2.71. The molecule has 0 aliphatic heterocycles. The third-order valence-electron chi connectivity index (χ3n) is 13.9. The van der Waals surface area contributed by atoms with E-state index in [-0.39, 0.29) is 45.9 Å². The molecule has 0 spiro atoms. The first kappa shape index (κ1) is 30.5. The van der Waals surface area contributed by atoms with Crippen LogP contribution in [0.2, 0.25) is 0 Å². The van der Waals surface area contributed by atoms with E-state index in [0.29, 0.717) is 30.8 Å². The minimum atomic E-state index is -1.14. The molecule has 0 bridgehead atoms. The Morgan fingerprint density at radius 1 is 1.02 bits per heavy atom. The van der Waals surface area contributed by atoms with Gasteiger partial charge in [0.2, 0.25) is 0 Å². The van der Waals surface area contributed by atoms with Crippen LogP contribution in [0.15, 0.2) is 23.3 Å². The minimum absolute atomic E-state index is 0.0565. The normalized spacial score (nSPS) is 47.2. The van der Waals surface area contributed by atoms with Gasteiger partial charge < -0.3 is 14.9 Å². The standard InChI is InChI=1S/C35H52O6/c1-9-21(2)28(38)41-27-19-30(3,4)18-23-22-10-11-25-31(5)14-13-26(37)32(6,20-36)24(31)12-15-34(25,8)33(22,7)16-17-35(23,27)29(39)40/h9-10,23-25,27,36H,11-20H2,1-8H3,(H,39,40)/b21-9-/t23-,24+,25+,27+,31-,32-,33+,34+,35-/m0/s1. The monoisotopic (exact) mass is 568 g/mol. The van der Waals surface area contributed by atoms with Gasteiger partial charge in [0.25, 0.3) is 0 Å². The lowest BCUT2D eigenvalue weighted by atomic mass is 9.33. The quantitative estimate of drug-likeness (QED) is 0.217. The number of Topliss-reactive ketones (excluding diaryl/α,β-unsaturated/α-hetero) is 1. The van der Waals surface area contributed by atoms with E-state index in [2.05, 4.69) is 40.7 Å². The topological polar surface area (TPSA) is 101 Å². The number of aliphatic hydroxyl groups excluding tert-OH is 1. The van der Waals surface area contributed by atoms with Gasteiger partial charge in [-0.05, 0) is 98.7 Å². The second-order valence-electron chi connectivity index (χ2n) is 16.1. The van der Waals surface area contributed by atoms with Crippen molar-refractivity contribution in [3.05, 3.63) is 23.3 Å². The molecule has 6 heteroatoms. The van der Waals surface area contributed by atoms with Crippen LogP contribution in [0, 0.1) is 50.2 Å². The fraction of sp³-hybridized carbons (Fsp3) is 0.800. The van der Waals surface area contributed by atoms with Gasteiger partial charge in [0.05, 0.1) is 12.0 Å². The maximum atomic E-state index is 13.4. The summed E-state index contributed by atoms with van der Waals surface area (Å²) in [6.45, 7) is 17.0.